The lowest BCUT2D eigenvalue weighted by molar-refractivity contribution is 0.192. The van der Waals surface area contributed by atoms with Crippen LogP contribution in [0.3, 0.4) is 0 Å². The molecule has 0 atom stereocenters. The number of ether oxygens (including phenoxy) is 2. The Bertz CT molecular complexity index is 789. The van der Waals surface area contributed by atoms with Crippen molar-refractivity contribution >= 4 is 6.03 Å². The number of carbonyl (C=O) groups is 1. The molecule has 5 heteroatoms. The molecule has 1 aliphatic heterocycles. The van der Waals surface area contributed by atoms with Gasteiger partial charge in [0, 0.05) is 19.6 Å². The number of fused-ring (bicyclic) bond motifs is 1. The molecule has 138 valence electrons. The highest BCUT2D eigenvalue weighted by atomic mass is 16.5. The zero-order chi connectivity index (χ0) is 18.5. The Kier molecular flexibility index (Phi) is 5.66. The van der Waals surface area contributed by atoms with Gasteiger partial charge in [-0.15, -0.1) is 0 Å². The van der Waals surface area contributed by atoms with Crippen LogP contribution >= 0.6 is 0 Å². The molecule has 26 heavy (non-hydrogen) atoms. The van der Waals surface area contributed by atoms with Gasteiger partial charge in [-0.3, -0.25) is 0 Å². The maximum absolute atomic E-state index is 12.5. The number of methoxy groups -OCH3 is 2. The molecule has 0 aromatic heterocycles. The van der Waals surface area contributed by atoms with Crippen molar-refractivity contribution in [2.45, 2.75) is 26.3 Å². The predicted molar refractivity (Wildman–Crippen MR) is 102 cm³/mol. The van der Waals surface area contributed by atoms with E-state index < -0.39 is 0 Å². The molecule has 0 unspecified atom stereocenters. The van der Waals surface area contributed by atoms with Gasteiger partial charge in [-0.25, -0.2) is 4.79 Å². The number of hydrogen-bond donors (Lipinski definition) is 1. The molecule has 5 nitrogen and oxygen atoms in total. The summed E-state index contributed by atoms with van der Waals surface area (Å²) in [6, 6.07) is 12.2. The number of benzene rings is 2. The quantitative estimate of drug-likeness (QED) is 0.896. The molecule has 0 aliphatic carbocycles. The standard InChI is InChI=1S/C21H26N2O3/c1-15-6-4-5-7-16(15)8-10-22-21(24)23-11-9-17-12-19(25-2)20(26-3)13-18(17)14-23/h4-7,12-13H,8-11,14H2,1-3H3,(H,22,24). The molecule has 0 saturated heterocycles. The van der Waals surface area contributed by atoms with Gasteiger partial charge in [0.25, 0.3) is 0 Å². The van der Waals surface area contributed by atoms with E-state index in [0.29, 0.717) is 25.4 Å². The van der Waals surface area contributed by atoms with E-state index in [1.807, 2.05) is 29.2 Å². The van der Waals surface area contributed by atoms with Crippen LogP contribution in [0, 0.1) is 6.92 Å². The first-order valence-electron chi connectivity index (χ1n) is 8.93. The highest BCUT2D eigenvalue weighted by molar-refractivity contribution is 5.74. The predicted octanol–water partition coefficient (Wildman–Crippen LogP) is 3.32. The second-order valence-electron chi connectivity index (χ2n) is 6.56. The van der Waals surface area contributed by atoms with Crippen LogP contribution in [0.2, 0.25) is 0 Å². The van der Waals surface area contributed by atoms with E-state index in [-0.39, 0.29) is 6.03 Å². The van der Waals surface area contributed by atoms with Crippen LogP contribution in [0.15, 0.2) is 36.4 Å². The number of aryl methyl sites for hydroxylation is 1. The van der Waals surface area contributed by atoms with Crippen molar-refractivity contribution in [3.8, 4) is 11.5 Å². The van der Waals surface area contributed by atoms with Crippen molar-refractivity contribution < 1.29 is 14.3 Å². The summed E-state index contributed by atoms with van der Waals surface area (Å²) in [7, 11) is 3.27. The summed E-state index contributed by atoms with van der Waals surface area (Å²) in [4.78, 5) is 14.4. The van der Waals surface area contributed by atoms with Gasteiger partial charge in [-0.05, 0) is 54.2 Å². The van der Waals surface area contributed by atoms with Crippen molar-refractivity contribution in [3.63, 3.8) is 0 Å². The van der Waals surface area contributed by atoms with Crippen LogP contribution < -0.4 is 14.8 Å². The molecule has 1 heterocycles. The zero-order valence-electron chi connectivity index (χ0n) is 15.7. The third kappa shape index (κ3) is 3.93. The zero-order valence-corrected chi connectivity index (χ0v) is 15.7. The normalized spacial score (nSPS) is 13.1. The number of nitrogens with zero attached hydrogens (tertiary/aromatic N) is 1. The van der Waals surface area contributed by atoms with Crippen molar-refractivity contribution in [1.82, 2.24) is 10.2 Å². The fourth-order valence-electron chi connectivity index (χ4n) is 3.36. The summed E-state index contributed by atoms with van der Waals surface area (Å²) >= 11 is 0. The molecule has 2 aromatic carbocycles. The minimum absolute atomic E-state index is 0.0148. The van der Waals surface area contributed by atoms with Gasteiger partial charge in [0.15, 0.2) is 11.5 Å². The smallest absolute Gasteiger partial charge is 0.317 e. The van der Waals surface area contributed by atoms with Gasteiger partial charge in [0.05, 0.1) is 14.2 Å². The van der Waals surface area contributed by atoms with Crippen molar-refractivity contribution in [1.29, 1.82) is 0 Å². The average Bonchev–Trinajstić information content (AvgIpc) is 2.67. The molecule has 1 N–H and O–H groups in total. The first-order chi connectivity index (χ1) is 12.6. The maximum atomic E-state index is 12.5. The minimum atomic E-state index is -0.0148. The van der Waals surface area contributed by atoms with Crippen LogP contribution in [0.25, 0.3) is 0 Å². The molecule has 0 radical (unpaired) electrons. The third-order valence-electron chi connectivity index (χ3n) is 4.94. The second kappa shape index (κ2) is 8.13. The van der Waals surface area contributed by atoms with E-state index >= 15 is 0 Å². The fourth-order valence-corrected chi connectivity index (χ4v) is 3.36. The summed E-state index contributed by atoms with van der Waals surface area (Å²) in [5, 5.41) is 3.04. The van der Waals surface area contributed by atoms with E-state index in [4.69, 9.17) is 9.47 Å². The van der Waals surface area contributed by atoms with Gasteiger partial charge in [-0.1, -0.05) is 24.3 Å². The summed E-state index contributed by atoms with van der Waals surface area (Å²) in [5.41, 5.74) is 4.86. The Hall–Kier alpha value is -2.69. The highest BCUT2D eigenvalue weighted by Crippen LogP contribution is 2.33. The topological polar surface area (TPSA) is 50.8 Å². The molecule has 0 bridgehead atoms. The Balaban J connectivity index is 1.59. The molecule has 3 rings (SSSR count). The molecule has 1 aliphatic rings. The molecular weight excluding hydrogens is 328 g/mol. The van der Waals surface area contributed by atoms with Crippen LogP contribution in [0.1, 0.15) is 22.3 Å². The molecule has 0 saturated carbocycles. The fraction of sp³-hybridized carbons (Fsp3) is 0.381. The van der Waals surface area contributed by atoms with Crippen LogP contribution in [0.4, 0.5) is 4.79 Å². The van der Waals surface area contributed by atoms with Crippen molar-refractivity contribution in [3.05, 3.63) is 58.7 Å². The Morgan fingerprint density at radius 2 is 1.81 bits per heavy atom. The number of carbonyl (C=O) groups excluding carboxylic acids is 1. The minimum Gasteiger partial charge on any atom is -0.493 e. The number of rotatable bonds is 5. The summed E-state index contributed by atoms with van der Waals surface area (Å²) in [5.74, 6) is 1.44. The van der Waals surface area contributed by atoms with E-state index in [9.17, 15) is 4.79 Å². The van der Waals surface area contributed by atoms with Crippen LogP contribution in [-0.2, 0) is 19.4 Å². The van der Waals surface area contributed by atoms with Crippen molar-refractivity contribution in [2.24, 2.45) is 0 Å². The second-order valence-corrected chi connectivity index (χ2v) is 6.56. The Morgan fingerprint density at radius 3 is 2.50 bits per heavy atom. The summed E-state index contributed by atoms with van der Waals surface area (Å²) in [6.07, 6.45) is 1.66. The van der Waals surface area contributed by atoms with Gasteiger partial charge in [-0.2, -0.15) is 0 Å². The van der Waals surface area contributed by atoms with Gasteiger partial charge in [0.2, 0.25) is 0 Å². The monoisotopic (exact) mass is 354 g/mol. The summed E-state index contributed by atoms with van der Waals surface area (Å²) < 4.78 is 10.7. The largest absolute Gasteiger partial charge is 0.493 e. The van der Waals surface area contributed by atoms with E-state index in [1.165, 1.54) is 16.7 Å². The van der Waals surface area contributed by atoms with Crippen LogP contribution in [0.5, 0.6) is 11.5 Å². The lowest BCUT2D eigenvalue weighted by atomic mass is 9.99. The van der Waals surface area contributed by atoms with Gasteiger partial charge >= 0.3 is 6.03 Å². The molecular formula is C21H26N2O3. The maximum Gasteiger partial charge on any atom is 0.317 e. The third-order valence-corrected chi connectivity index (χ3v) is 4.94. The van der Waals surface area contributed by atoms with Crippen LogP contribution in [-0.4, -0.2) is 38.2 Å². The first-order valence-corrected chi connectivity index (χ1v) is 8.93. The molecule has 2 aromatic rings. The summed E-state index contributed by atoms with van der Waals surface area (Å²) in [6.45, 7) is 4.03. The number of amides is 2. The lowest BCUT2D eigenvalue weighted by Gasteiger charge is -2.29. The lowest BCUT2D eigenvalue weighted by Crippen LogP contribution is -2.43. The number of urea groups is 1. The SMILES string of the molecule is COc1cc2c(cc1OC)CN(C(=O)NCCc1ccccc1C)CC2. The molecule has 0 fully saturated rings. The first kappa shape index (κ1) is 18.1. The molecule has 0 spiro atoms. The highest BCUT2D eigenvalue weighted by Gasteiger charge is 2.22. The van der Waals surface area contributed by atoms with Gasteiger partial charge < -0.3 is 19.7 Å². The van der Waals surface area contributed by atoms with E-state index in [0.717, 1.165) is 24.2 Å². The number of hydrogen-bond acceptors (Lipinski definition) is 3. The Labute approximate surface area is 154 Å². The average molecular weight is 354 g/mol. The molecule has 2 amide bonds. The van der Waals surface area contributed by atoms with E-state index in [1.54, 1.807) is 14.2 Å². The van der Waals surface area contributed by atoms with Gasteiger partial charge in [0.1, 0.15) is 0 Å². The Morgan fingerprint density at radius 1 is 1.12 bits per heavy atom. The van der Waals surface area contributed by atoms with E-state index in [2.05, 4.69) is 24.4 Å². The van der Waals surface area contributed by atoms with Crippen molar-refractivity contribution in [2.75, 3.05) is 27.3 Å². The number of nitrogens with one attached hydrogen (secondary N) is 1.